The van der Waals surface area contributed by atoms with Gasteiger partial charge in [0.1, 0.15) is 0 Å². The molecule has 0 fully saturated rings. The average Bonchev–Trinajstić information content (AvgIpc) is 2.40. The summed E-state index contributed by atoms with van der Waals surface area (Å²) < 4.78 is 0. The quantitative estimate of drug-likeness (QED) is 0.527. The molecule has 4 nitrogen and oxygen atoms in total. The zero-order valence-corrected chi connectivity index (χ0v) is 18.3. The Morgan fingerprint density at radius 3 is 1.19 bits per heavy atom. The number of rotatable bonds is 10. The minimum atomic E-state index is -0.643. The zero-order valence-electron chi connectivity index (χ0n) is 14.2. The SMILES string of the molecule is CCCCC(CC)C(=O)O.CCCCC(CC)C(=O)O.[Cd]. The molecule has 0 aromatic rings. The summed E-state index contributed by atoms with van der Waals surface area (Å²) in [5.41, 5.74) is 0. The molecule has 2 unspecified atom stereocenters. The molecule has 21 heavy (non-hydrogen) atoms. The fourth-order valence-corrected chi connectivity index (χ4v) is 1.91. The van der Waals surface area contributed by atoms with Gasteiger partial charge in [0.25, 0.3) is 0 Å². The van der Waals surface area contributed by atoms with Crippen LogP contribution < -0.4 is 0 Å². The van der Waals surface area contributed by atoms with Crippen LogP contribution in [0, 0.1) is 11.8 Å². The van der Waals surface area contributed by atoms with Gasteiger partial charge in [0.05, 0.1) is 11.8 Å². The van der Waals surface area contributed by atoms with E-state index in [1.165, 1.54) is 0 Å². The molecule has 0 heterocycles. The van der Waals surface area contributed by atoms with E-state index in [2.05, 4.69) is 13.8 Å². The molecule has 0 radical (unpaired) electrons. The van der Waals surface area contributed by atoms with E-state index in [0.29, 0.717) is 0 Å². The Bertz CT molecular complexity index is 231. The Morgan fingerprint density at radius 2 is 1.05 bits per heavy atom. The van der Waals surface area contributed by atoms with Crippen molar-refractivity contribution in [3.05, 3.63) is 0 Å². The second-order valence-electron chi connectivity index (χ2n) is 5.17. The van der Waals surface area contributed by atoms with Crippen LogP contribution in [0.3, 0.4) is 0 Å². The van der Waals surface area contributed by atoms with Crippen molar-refractivity contribution >= 4 is 11.9 Å². The normalized spacial score (nSPS) is 12.4. The van der Waals surface area contributed by atoms with E-state index in [-0.39, 0.29) is 39.1 Å². The summed E-state index contributed by atoms with van der Waals surface area (Å²) in [5, 5.41) is 17.2. The molecule has 0 saturated heterocycles. The van der Waals surface area contributed by atoms with E-state index in [4.69, 9.17) is 10.2 Å². The van der Waals surface area contributed by atoms with Crippen LogP contribution in [0.15, 0.2) is 0 Å². The summed E-state index contributed by atoms with van der Waals surface area (Å²) in [6.45, 7) is 8.01. The first kappa shape index (κ1) is 25.8. The van der Waals surface area contributed by atoms with Crippen molar-refractivity contribution in [3.8, 4) is 0 Å². The molecule has 0 spiro atoms. The largest absolute Gasteiger partial charge is 0.481 e. The Kier molecular flexibility index (Phi) is 22.0. The molecule has 0 aliphatic rings. The second kappa shape index (κ2) is 17.9. The van der Waals surface area contributed by atoms with E-state index >= 15 is 0 Å². The van der Waals surface area contributed by atoms with E-state index in [1.54, 1.807) is 0 Å². The van der Waals surface area contributed by atoms with E-state index < -0.39 is 11.9 Å². The van der Waals surface area contributed by atoms with Gasteiger partial charge in [-0.05, 0) is 25.7 Å². The third kappa shape index (κ3) is 16.1. The molecule has 0 rings (SSSR count). The second-order valence-corrected chi connectivity index (χ2v) is 5.17. The van der Waals surface area contributed by atoms with Gasteiger partial charge in [-0.15, -0.1) is 0 Å². The molecule has 2 N–H and O–H groups in total. The van der Waals surface area contributed by atoms with E-state index in [0.717, 1.165) is 51.4 Å². The van der Waals surface area contributed by atoms with Crippen LogP contribution in [0.25, 0.3) is 0 Å². The standard InChI is InChI=1S/2C8H16O2.Cd/c2*1-3-5-6-7(4-2)8(9)10;/h2*7H,3-6H2,1-2H3,(H,9,10);. The van der Waals surface area contributed by atoms with Gasteiger partial charge in [-0.2, -0.15) is 0 Å². The summed E-state index contributed by atoms with van der Waals surface area (Å²) in [6, 6.07) is 0. The molecule has 0 bridgehead atoms. The number of carbonyl (C=O) groups is 2. The van der Waals surface area contributed by atoms with Gasteiger partial charge in [0.15, 0.2) is 0 Å². The van der Waals surface area contributed by atoms with Crippen molar-refractivity contribution in [3.63, 3.8) is 0 Å². The molecule has 0 aliphatic heterocycles. The minimum absolute atomic E-state index is 0. The third-order valence-electron chi connectivity index (χ3n) is 3.50. The number of carboxylic acids is 2. The first-order chi connectivity index (χ1) is 9.44. The number of hydrogen-bond acceptors (Lipinski definition) is 2. The predicted octanol–water partition coefficient (Wildman–Crippen LogP) is 4.57. The van der Waals surface area contributed by atoms with Crippen LogP contribution in [0.1, 0.15) is 79.1 Å². The summed E-state index contributed by atoms with van der Waals surface area (Å²) in [6.07, 6.45) is 7.43. The molecule has 0 aromatic heterocycles. The molecule has 0 aliphatic carbocycles. The molecule has 0 aromatic carbocycles. The number of aliphatic carboxylic acids is 2. The van der Waals surface area contributed by atoms with Gasteiger partial charge >= 0.3 is 11.9 Å². The van der Waals surface area contributed by atoms with Crippen LogP contribution >= 0.6 is 0 Å². The molecule has 0 saturated carbocycles. The predicted molar refractivity (Wildman–Crippen MR) is 81.9 cm³/mol. The molecular formula is C16H32CdO4. The van der Waals surface area contributed by atoms with Gasteiger partial charge in [0.2, 0.25) is 0 Å². The number of carboxylic acid groups (broad SMARTS) is 2. The van der Waals surface area contributed by atoms with Crippen LogP contribution in [-0.4, -0.2) is 22.2 Å². The molecule has 122 valence electrons. The van der Waals surface area contributed by atoms with Gasteiger partial charge in [-0.3, -0.25) is 9.59 Å². The Labute approximate surface area is 149 Å². The third-order valence-corrected chi connectivity index (χ3v) is 3.50. The van der Waals surface area contributed by atoms with Gasteiger partial charge < -0.3 is 10.2 Å². The first-order valence-electron chi connectivity index (χ1n) is 7.89. The maximum atomic E-state index is 10.4. The fourth-order valence-electron chi connectivity index (χ4n) is 1.91. The average molecular weight is 401 g/mol. The van der Waals surface area contributed by atoms with Gasteiger partial charge in [-0.25, -0.2) is 0 Å². The monoisotopic (exact) mass is 402 g/mol. The Hall–Kier alpha value is -0.138. The maximum Gasteiger partial charge on any atom is 0.306 e. The molecule has 5 heteroatoms. The van der Waals surface area contributed by atoms with Gasteiger partial charge in [-0.1, -0.05) is 53.4 Å². The van der Waals surface area contributed by atoms with Crippen molar-refractivity contribution in [1.29, 1.82) is 0 Å². The number of hydrogen-bond donors (Lipinski definition) is 2. The fraction of sp³-hybridized carbons (Fsp3) is 0.875. The maximum absolute atomic E-state index is 10.4. The van der Waals surface area contributed by atoms with Crippen LogP contribution in [0.4, 0.5) is 0 Å². The van der Waals surface area contributed by atoms with Crippen molar-refractivity contribution in [2.24, 2.45) is 11.8 Å². The molecular weight excluding hydrogens is 369 g/mol. The van der Waals surface area contributed by atoms with Crippen molar-refractivity contribution < 1.29 is 47.1 Å². The topological polar surface area (TPSA) is 74.6 Å². The Morgan fingerprint density at radius 1 is 0.762 bits per heavy atom. The van der Waals surface area contributed by atoms with Crippen molar-refractivity contribution in [2.75, 3.05) is 0 Å². The van der Waals surface area contributed by atoms with Crippen LogP contribution in [0.2, 0.25) is 0 Å². The Balaban J connectivity index is -0.000000295. The summed E-state index contributed by atoms with van der Waals surface area (Å²) in [4.78, 5) is 20.9. The summed E-state index contributed by atoms with van der Waals surface area (Å²) >= 11 is 0. The van der Waals surface area contributed by atoms with Crippen LogP contribution in [0.5, 0.6) is 0 Å². The van der Waals surface area contributed by atoms with Crippen molar-refractivity contribution in [2.45, 2.75) is 79.1 Å². The van der Waals surface area contributed by atoms with Gasteiger partial charge in [0, 0.05) is 27.3 Å². The molecule has 0 amide bonds. The number of unbranched alkanes of at least 4 members (excludes halogenated alkanes) is 2. The smallest absolute Gasteiger partial charge is 0.306 e. The summed E-state index contributed by atoms with van der Waals surface area (Å²) in [7, 11) is 0. The van der Waals surface area contributed by atoms with Crippen molar-refractivity contribution in [1.82, 2.24) is 0 Å². The van der Waals surface area contributed by atoms with E-state index in [9.17, 15) is 9.59 Å². The first-order valence-corrected chi connectivity index (χ1v) is 7.89. The van der Waals surface area contributed by atoms with Crippen LogP contribution in [-0.2, 0) is 36.9 Å². The minimum Gasteiger partial charge on any atom is -0.481 e. The molecule has 2 atom stereocenters. The van der Waals surface area contributed by atoms with E-state index in [1.807, 2.05) is 13.8 Å². The zero-order chi connectivity index (χ0) is 16.0. The summed E-state index contributed by atoms with van der Waals surface area (Å²) in [5.74, 6) is -1.51.